The van der Waals surface area contributed by atoms with Gasteiger partial charge in [-0.25, -0.2) is 18.3 Å². The Balaban J connectivity index is 1.15. The predicted molar refractivity (Wildman–Crippen MR) is 134 cm³/mol. The largest absolute Gasteiger partial charge is 0.401 e. The highest BCUT2D eigenvalue weighted by Crippen LogP contribution is 2.75. The molecule has 0 saturated heterocycles. The molecule has 0 radical (unpaired) electrons. The number of alkyl halides is 8. The lowest BCUT2D eigenvalue weighted by molar-refractivity contribution is -0.338. The first-order valence-electron chi connectivity index (χ1n) is 13.0. The number of benzene rings is 1. The van der Waals surface area contributed by atoms with Crippen LogP contribution in [-0.4, -0.2) is 50.9 Å². The number of nitrogens with one attached hydrogen (secondary N) is 1. The third-order valence-corrected chi connectivity index (χ3v) is 10.1. The topological polar surface area (TPSA) is 62.5 Å². The summed E-state index contributed by atoms with van der Waals surface area (Å²) in [7, 11) is 0. The van der Waals surface area contributed by atoms with Crippen LogP contribution in [0.5, 0.6) is 0 Å². The third kappa shape index (κ3) is 3.24. The molecule has 4 aliphatic carbocycles. The summed E-state index contributed by atoms with van der Waals surface area (Å²) in [4.78, 5) is 18.5. The molecule has 1 aromatic carbocycles. The molecule has 0 spiro atoms. The molecule has 3 aromatic rings. The van der Waals surface area contributed by atoms with Gasteiger partial charge < -0.3 is 10.2 Å². The van der Waals surface area contributed by atoms with Crippen molar-refractivity contribution in [1.82, 2.24) is 19.9 Å². The summed E-state index contributed by atoms with van der Waals surface area (Å²) in [5, 5.41) is 6.41. The van der Waals surface area contributed by atoms with Gasteiger partial charge >= 0.3 is 12.4 Å². The fourth-order valence-electron chi connectivity index (χ4n) is 7.34. The van der Waals surface area contributed by atoms with Crippen LogP contribution in [0.15, 0.2) is 36.5 Å². The standard InChI is InChI=1S/C27H22ClF8N5O/c1-21(26(31,32)33)12-40(15-8-37-17-7-16(28)39-41(17)19(15)21)14-5-3-13(4-6-14)18-22(2,25(18,29)30)20(42)38-24-9-23(10-24,11-24)27(34,35)36/h3-8,18H,9-12H2,1-2H3,(H,38,42)/t18-,21-,22+,23?,24?/m1/s1. The number of aromatic nitrogens is 3. The summed E-state index contributed by atoms with van der Waals surface area (Å²) in [6.45, 7) is 1.57. The van der Waals surface area contributed by atoms with Gasteiger partial charge in [0.05, 0.1) is 28.9 Å². The number of anilines is 2. The van der Waals surface area contributed by atoms with Crippen molar-refractivity contribution in [3.05, 3.63) is 52.9 Å². The first-order chi connectivity index (χ1) is 19.3. The maximum Gasteiger partial charge on any atom is 0.401 e. The summed E-state index contributed by atoms with van der Waals surface area (Å²) >= 11 is 5.94. The fraction of sp³-hybridized carbons (Fsp3) is 0.519. The number of carbonyl (C=O) groups is 1. The van der Waals surface area contributed by atoms with Crippen molar-refractivity contribution in [2.45, 2.75) is 68.3 Å². The minimum Gasteiger partial charge on any atom is -0.350 e. The van der Waals surface area contributed by atoms with Crippen molar-refractivity contribution in [2.24, 2.45) is 10.8 Å². The van der Waals surface area contributed by atoms with E-state index in [1.165, 1.54) is 41.4 Å². The van der Waals surface area contributed by atoms with E-state index in [9.17, 15) is 31.1 Å². The molecular weight excluding hydrogens is 598 g/mol. The van der Waals surface area contributed by atoms with Crippen molar-refractivity contribution < 1.29 is 39.9 Å². The van der Waals surface area contributed by atoms with Crippen LogP contribution < -0.4 is 10.2 Å². The quantitative estimate of drug-likeness (QED) is 0.331. The second kappa shape index (κ2) is 7.67. The van der Waals surface area contributed by atoms with E-state index in [2.05, 4.69) is 15.4 Å². The van der Waals surface area contributed by atoms with Gasteiger partial charge in [-0.1, -0.05) is 23.7 Å². The molecule has 8 rings (SSSR count). The third-order valence-electron chi connectivity index (χ3n) is 9.92. The molecule has 1 aliphatic heterocycles. The van der Waals surface area contributed by atoms with Gasteiger partial charge in [0.2, 0.25) is 5.91 Å². The number of amides is 1. The van der Waals surface area contributed by atoms with Gasteiger partial charge in [0.15, 0.2) is 10.8 Å². The highest BCUT2D eigenvalue weighted by molar-refractivity contribution is 6.29. The Bertz CT molecular complexity index is 1650. The van der Waals surface area contributed by atoms with Gasteiger partial charge in [-0.2, -0.15) is 31.4 Å². The molecule has 3 heterocycles. The Kier molecular flexibility index (Phi) is 5.05. The number of hydrogen-bond acceptors (Lipinski definition) is 4. The normalized spacial score (nSPS) is 34.5. The second-order valence-electron chi connectivity index (χ2n) is 12.5. The zero-order valence-corrected chi connectivity index (χ0v) is 22.7. The molecule has 3 atom stereocenters. The SMILES string of the molecule is C[C@@]1(C(F)(F)F)CN(c2ccc([C@H]3C(F)(F)[C@]3(C)C(=O)NC34CC(C(F)(F)F)(C3)C4)cc2)c2cnc3cc(Cl)nn3c21. The Labute approximate surface area is 238 Å². The average molecular weight is 620 g/mol. The van der Waals surface area contributed by atoms with Crippen LogP contribution in [0.3, 0.4) is 0 Å². The van der Waals surface area contributed by atoms with E-state index in [0.717, 1.165) is 18.4 Å². The first-order valence-corrected chi connectivity index (χ1v) is 13.4. The number of rotatable bonds is 4. The van der Waals surface area contributed by atoms with Crippen molar-refractivity contribution in [1.29, 1.82) is 0 Å². The summed E-state index contributed by atoms with van der Waals surface area (Å²) in [6, 6.07) is 6.77. The Morgan fingerprint density at radius 3 is 2.21 bits per heavy atom. The minimum absolute atomic E-state index is 0.0328. The first kappa shape index (κ1) is 27.7. The molecule has 2 aromatic heterocycles. The van der Waals surface area contributed by atoms with Gasteiger partial charge in [0.25, 0.3) is 5.92 Å². The number of halogens is 9. The number of fused-ring (bicyclic) bond motifs is 3. The van der Waals surface area contributed by atoms with Crippen molar-refractivity contribution in [3.63, 3.8) is 0 Å². The number of carbonyl (C=O) groups excluding carboxylic acids is 1. The van der Waals surface area contributed by atoms with Crippen LogP contribution >= 0.6 is 11.6 Å². The zero-order valence-electron chi connectivity index (χ0n) is 22.0. The highest BCUT2D eigenvalue weighted by Gasteiger charge is 2.84. The van der Waals surface area contributed by atoms with E-state index < -0.39 is 58.4 Å². The van der Waals surface area contributed by atoms with E-state index in [1.807, 2.05) is 0 Å². The van der Waals surface area contributed by atoms with Gasteiger partial charge in [-0.3, -0.25) is 4.79 Å². The number of hydrogen-bond donors (Lipinski definition) is 1. The van der Waals surface area contributed by atoms with Crippen molar-refractivity contribution in [3.8, 4) is 0 Å². The van der Waals surface area contributed by atoms with Crippen LogP contribution in [0, 0.1) is 10.8 Å². The van der Waals surface area contributed by atoms with E-state index in [0.29, 0.717) is 0 Å². The molecule has 2 bridgehead atoms. The lowest BCUT2D eigenvalue weighted by Crippen LogP contribution is -2.79. The Morgan fingerprint density at radius 2 is 1.64 bits per heavy atom. The molecule has 6 nitrogen and oxygen atoms in total. The summed E-state index contributed by atoms with van der Waals surface area (Å²) < 4.78 is 114. The summed E-state index contributed by atoms with van der Waals surface area (Å²) in [5.41, 5.74) is -7.08. The van der Waals surface area contributed by atoms with Crippen LogP contribution in [0.2, 0.25) is 5.15 Å². The summed E-state index contributed by atoms with van der Waals surface area (Å²) in [6.07, 6.45) is -8.78. The maximum atomic E-state index is 15.1. The predicted octanol–water partition coefficient (Wildman–Crippen LogP) is 6.69. The monoisotopic (exact) mass is 619 g/mol. The van der Waals surface area contributed by atoms with E-state index >= 15 is 8.78 Å². The second-order valence-corrected chi connectivity index (χ2v) is 12.9. The zero-order chi connectivity index (χ0) is 30.5. The molecule has 15 heteroatoms. The fourth-order valence-corrected chi connectivity index (χ4v) is 7.51. The molecule has 5 aliphatic rings. The molecule has 1 amide bonds. The van der Waals surface area contributed by atoms with Gasteiger partial charge in [0.1, 0.15) is 10.8 Å². The van der Waals surface area contributed by atoms with Crippen LogP contribution in [0.25, 0.3) is 5.65 Å². The van der Waals surface area contributed by atoms with Gasteiger partial charge in [-0.15, -0.1) is 0 Å². The molecular formula is C27H22ClF8N5O. The van der Waals surface area contributed by atoms with Crippen LogP contribution in [0.4, 0.5) is 46.5 Å². The van der Waals surface area contributed by atoms with E-state index in [1.54, 1.807) is 0 Å². The van der Waals surface area contributed by atoms with Crippen LogP contribution in [0.1, 0.15) is 50.3 Å². The lowest BCUT2D eigenvalue weighted by Gasteiger charge is -2.70. The molecule has 224 valence electrons. The molecule has 42 heavy (non-hydrogen) atoms. The Hall–Kier alpha value is -3.16. The maximum absolute atomic E-state index is 15.1. The van der Waals surface area contributed by atoms with E-state index in [-0.39, 0.29) is 52.7 Å². The average Bonchev–Trinajstić information content (AvgIpc) is 3.11. The van der Waals surface area contributed by atoms with Crippen molar-refractivity contribution >= 4 is 34.5 Å². The van der Waals surface area contributed by atoms with Crippen molar-refractivity contribution in [2.75, 3.05) is 11.4 Å². The summed E-state index contributed by atoms with van der Waals surface area (Å²) in [5.74, 6) is -6.05. The van der Waals surface area contributed by atoms with Gasteiger partial charge in [-0.05, 0) is 50.8 Å². The van der Waals surface area contributed by atoms with Crippen LogP contribution in [-0.2, 0) is 10.2 Å². The molecule has 4 fully saturated rings. The molecule has 1 N–H and O–H groups in total. The molecule has 4 saturated carbocycles. The van der Waals surface area contributed by atoms with Gasteiger partial charge in [0, 0.05) is 23.8 Å². The number of nitrogens with zero attached hydrogens (tertiary/aromatic N) is 4. The minimum atomic E-state index is -4.69. The highest BCUT2D eigenvalue weighted by atomic mass is 35.5. The Morgan fingerprint density at radius 1 is 1.02 bits per heavy atom. The van der Waals surface area contributed by atoms with E-state index in [4.69, 9.17) is 11.6 Å². The molecule has 0 unspecified atom stereocenters. The lowest BCUT2D eigenvalue weighted by atomic mass is 9.39. The smallest absolute Gasteiger partial charge is 0.350 e.